The molecule has 2 aliphatic carbocycles. The van der Waals surface area contributed by atoms with Gasteiger partial charge < -0.3 is 4.90 Å². The van der Waals surface area contributed by atoms with Gasteiger partial charge in [0.1, 0.15) is 9.96 Å². The van der Waals surface area contributed by atoms with Crippen LogP contribution in [0.1, 0.15) is 32.6 Å². The van der Waals surface area contributed by atoms with Crippen LogP contribution in [0.4, 0.5) is 0 Å². The first-order chi connectivity index (χ1) is 9.49. The van der Waals surface area contributed by atoms with Gasteiger partial charge in [-0.3, -0.25) is 4.79 Å². The van der Waals surface area contributed by atoms with E-state index in [1.54, 1.807) is 17.5 Å². The molecular weight excluding hydrogens is 294 g/mol. The van der Waals surface area contributed by atoms with Crippen LogP contribution in [0.3, 0.4) is 0 Å². The highest BCUT2D eigenvalue weighted by Gasteiger charge is 2.42. The monoisotopic (exact) mass is 313 g/mol. The van der Waals surface area contributed by atoms with Gasteiger partial charge in [-0.25, -0.2) is 8.42 Å². The van der Waals surface area contributed by atoms with Crippen molar-refractivity contribution in [2.24, 2.45) is 5.92 Å². The molecule has 1 aromatic rings. The van der Waals surface area contributed by atoms with Crippen molar-refractivity contribution in [3.8, 4) is 0 Å². The first-order valence-electron chi connectivity index (χ1n) is 7.06. The molecule has 1 heterocycles. The lowest BCUT2D eigenvalue weighted by Crippen LogP contribution is -2.44. The molecule has 6 heteroatoms. The highest BCUT2D eigenvalue weighted by atomic mass is 32.2. The second-order valence-electron chi connectivity index (χ2n) is 5.80. The number of hydrogen-bond acceptors (Lipinski definition) is 4. The summed E-state index contributed by atoms with van der Waals surface area (Å²) in [6.45, 7) is 2.06. The van der Waals surface area contributed by atoms with E-state index in [9.17, 15) is 13.2 Å². The van der Waals surface area contributed by atoms with E-state index in [4.69, 9.17) is 0 Å². The van der Waals surface area contributed by atoms with E-state index in [1.165, 1.54) is 11.3 Å². The SMILES string of the molecule is C[C@H](C1CC1)N(C(=O)CS(=O)(=O)c1cccs1)C1CC1. The zero-order valence-electron chi connectivity index (χ0n) is 11.5. The number of sulfone groups is 1. The number of carbonyl (C=O) groups excluding carboxylic acids is 1. The summed E-state index contributed by atoms with van der Waals surface area (Å²) in [7, 11) is -3.48. The molecule has 3 rings (SSSR count). The molecule has 0 spiro atoms. The lowest BCUT2D eigenvalue weighted by molar-refractivity contribution is -0.131. The molecular formula is C14H19NO3S2. The number of carbonyl (C=O) groups is 1. The number of amides is 1. The largest absolute Gasteiger partial charge is 0.336 e. The quantitative estimate of drug-likeness (QED) is 0.810. The van der Waals surface area contributed by atoms with Crippen molar-refractivity contribution in [1.82, 2.24) is 4.90 Å². The fraction of sp³-hybridized carbons (Fsp3) is 0.643. The topological polar surface area (TPSA) is 54.5 Å². The van der Waals surface area contributed by atoms with Gasteiger partial charge in [0.15, 0.2) is 9.84 Å². The van der Waals surface area contributed by atoms with E-state index in [2.05, 4.69) is 6.92 Å². The molecule has 20 heavy (non-hydrogen) atoms. The molecule has 0 N–H and O–H groups in total. The van der Waals surface area contributed by atoms with Crippen LogP contribution in [-0.2, 0) is 14.6 Å². The fourth-order valence-electron chi connectivity index (χ4n) is 2.67. The molecule has 0 aromatic carbocycles. The third-order valence-electron chi connectivity index (χ3n) is 4.09. The predicted octanol–water partition coefficient (Wildman–Crippen LogP) is 2.31. The molecule has 1 aromatic heterocycles. The fourth-order valence-corrected chi connectivity index (χ4v) is 4.95. The van der Waals surface area contributed by atoms with Gasteiger partial charge in [-0.05, 0) is 50.0 Å². The van der Waals surface area contributed by atoms with E-state index < -0.39 is 9.84 Å². The lowest BCUT2D eigenvalue weighted by atomic mass is 10.2. The van der Waals surface area contributed by atoms with Crippen molar-refractivity contribution in [3.63, 3.8) is 0 Å². The zero-order chi connectivity index (χ0) is 14.3. The second kappa shape index (κ2) is 5.15. The van der Waals surface area contributed by atoms with Gasteiger partial charge in [0.25, 0.3) is 0 Å². The average Bonchev–Trinajstić information content (AvgIpc) is 3.29. The Morgan fingerprint density at radius 3 is 2.60 bits per heavy atom. The average molecular weight is 313 g/mol. The Labute approximate surface area is 123 Å². The minimum atomic E-state index is -3.48. The zero-order valence-corrected chi connectivity index (χ0v) is 13.1. The van der Waals surface area contributed by atoms with Crippen molar-refractivity contribution in [1.29, 1.82) is 0 Å². The van der Waals surface area contributed by atoms with Crippen LogP contribution in [0.2, 0.25) is 0 Å². The summed E-state index contributed by atoms with van der Waals surface area (Å²) in [6, 6.07) is 3.73. The molecule has 110 valence electrons. The summed E-state index contributed by atoms with van der Waals surface area (Å²) in [5, 5.41) is 1.73. The van der Waals surface area contributed by atoms with Gasteiger partial charge >= 0.3 is 0 Å². The molecule has 0 bridgehead atoms. The van der Waals surface area contributed by atoms with Crippen LogP contribution in [0, 0.1) is 5.92 Å². The number of rotatable bonds is 6. The minimum Gasteiger partial charge on any atom is -0.336 e. The maximum atomic E-state index is 12.5. The van der Waals surface area contributed by atoms with Gasteiger partial charge in [0, 0.05) is 12.1 Å². The Morgan fingerprint density at radius 2 is 2.10 bits per heavy atom. The van der Waals surface area contributed by atoms with Crippen molar-refractivity contribution in [2.75, 3.05) is 5.75 Å². The molecule has 0 aliphatic heterocycles. The Morgan fingerprint density at radius 1 is 1.40 bits per heavy atom. The predicted molar refractivity (Wildman–Crippen MR) is 78.4 cm³/mol. The third kappa shape index (κ3) is 2.91. The summed E-state index contributed by atoms with van der Waals surface area (Å²) in [5.41, 5.74) is 0. The summed E-state index contributed by atoms with van der Waals surface area (Å²) < 4.78 is 24.7. The highest BCUT2D eigenvalue weighted by Crippen LogP contribution is 2.40. The number of thiophene rings is 1. The van der Waals surface area contributed by atoms with Crippen LogP contribution in [0.15, 0.2) is 21.7 Å². The van der Waals surface area contributed by atoms with Gasteiger partial charge in [0.2, 0.25) is 5.91 Å². The van der Waals surface area contributed by atoms with Crippen molar-refractivity contribution < 1.29 is 13.2 Å². The van der Waals surface area contributed by atoms with E-state index >= 15 is 0 Å². The first-order valence-corrected chi connectivity index (χ1v) is 9.59. The van der Waals surface area contributed by atoms with Gasteiger partial charge in [-0.15, -0.1) is 11.3 Å². The van der Waals surface area contributed by atoms with Crippen LogP contribution >= 0.6 is 11.3 Å². The molecule has 0 saturated heterocycles. The lowest BCUT2D eigenvalue weighted by Gasteiger charge is -2.29. The Kier molecular flexibility index (Phi) is 3.62. The summed E-state index contributed by atoms with van der Waals surface area (Å²) in [5.74, 6) is -0.0366. The van der Waals surface area contributed by atoms with E-state index in [-0.39, 0.29) is 23.7 Å². The third-order valence-corrected chi connectivity index (χ3v) is 7.17. The molecule has 2 fully saturated rings. The van der Waals surface area contributed by atoms with E-state index in [0.29, 0.717) is 10.1 Å². The standard InChI is InChI=1S/C14H19NO3S2/c1-10(11-4-5-11)15(12-6-7-12)13(16)9-20(17,18)14-3-2-8-19-14/h2-3,8,10-12H,4-7,9H2,1H3/t10-/m1/s1. The van der Waals surface area contributed by atoms with Crippen molar-refractivity contribution >= 4 is 27.1 Å². The van der Waals surface area contributed by atoms with Crippen LogP contribution in [0.25, 0.3) is 0 Å². The summed E-state index contributed by atoms with van der Waals surface area (Å²) in [6.07, 6.45) is 4.36. The van der Waals surface area contributed by atoms with Crippen molar-refractivity contribution in [3.05, 3.63) is 17.5 Å². The molecule has 4 nitrogen and oxygen atoms in total. The highest BCUT2D eigenvalue weighted by molar-refractivity contribution is 7.94. The molecule has 0 unspecified atom stereocenters. The molecule has 0 radical (unpaired) electrons. The van der Waals surface area contributed by atoms with Crippen LogP contribution in [-0.4, -0.2) is 37.1 Å². The van der Waals surface area contributed by atoms with E-state index in [1.807, 2.05) is 4.90 Å². The van der Waals surface area contributed by atoms with Crippen molar-refractivity contribution in [2.45, 2.75) is 48.9 Å². The molecule has 2 saturated carbocycles. The molecule has 1 atom stereocenters. The van der Waals surface area contributed by atoms with Gasteiger partial charge in [0.05, 0.1) is 0 Å². The normalized spacial score (nSPS) is 20.6. The summed E-state index contributed by atoms with van der Waals surface area (Å²) >= 11 is 1.18. The van der Waals surface area contributed by atoms with Gasteiger partial charge in [-0.1, -0.05) is 6.07 Å². The minimum absolute atomic E-state index is 0.188. The Balaban J connectivity index is 1.73. The van der Waals surface area contributed by atoms with Crippen LogP contribution < -0.4 is 0 Å². The van der Waals surface area contributed by atoms with Gasteiger partial charge in [-0.2, -0.15) is 0 Å². The Hall–Kier alpha value is -0.880. The molecule has 2 aliphatic rings. The maximum Gasteiger partial charge on any atom is 0.238 e. The summed E-state index contributed by atoms with van der Waals surface area (Å²) in [4.78, 5) is 14.3. The number of hydrogen-bond donors (Lipinski definition) is 0. The maximum absolute atomic E-state index is 12.5. The molecule has 1 amide bonds. The smallest absolute Gasteiger partial charge is 0.238 e. The van der Waals surface area contributed by atoms with Crippen LogP contribution in [0.5, 0.6) is 0 Å². The second-order valence-corrected chi connectivity index (χ2v) is 8.97. The Bertz CT molecular complexity index is 586. The first kappa shape index (κ1) is 14.1. The van der Waals surface area contributed by atoms with E-state index in [0.717, 1.165) is 25.7 Å². The number of nitrogens with zero attached hydrogens (tertiary/aromatic N) is 1.